The molecule has 2 aliphatic heterocycles. The first-order valence-electron chi connectivity index (χ1n) is 17.8. The molecule has 0 radical (unpaired) electrons. The number of nitrogens with zero attached hydrogens (tertiary/aromatic N) is 1. The molecule has 0 saturated heterocycles. The molecular formula is C49H31NS2. The van der Waals surface area contributed by atoms with Gasteiger partial charge in [-0.15, -0.1) is 0 Å². The van der Waals surface area contributed by atoms with Gasteiger partial charge in [-0.3, -0.25) is 0 Å². The SMILES string of the molecule is c1ccc(-c2cccc3c2C2(c4ccccc4S3)c3ccccc3Sc3cccc(-c4cccc5c6ccccc6n(-c6ccccc6)c45)c32)cc1. The van der Waals surface area contributed by atoms with Gasteiger partial charge in [0.2, 0.25) is 0 Å². The summed E-state index contributed by atoms with van der Waals surface area (Å²) in [6, 6.07) is 69.8. The molecule has 1 aromatic heterocycles. The summed E-state index contributed by atoms with van der Waals surface area (Å²) in [5, 5.41) is 2.52. The Balaban J connectivity index is 1.34. The second-order valence-corrected chi connectivity index (χ2v) is 15.7. The maximum absolute atomic E-state index is 2.48. The number of hydrogen-bond acceptors (Lipinski definition) is 2. The Kier molecular flexibility index (Phi) is 6.70. The Morgan fingerprint density at radius 1 is 0.365 bits per heavy atom. The minimum absolute atomic E-state index is 0.580. The second kappa shape index (κ2) is 11.6. The van der Waals surface area contributed by atoms with Crippen LogP contribution >= 0.6 is 23.5 Å². The number of para-hydroxylation sites is 3. The summed E-state index contributed by atoms with van der Waals surface area (Å²) >= 11 is 3.81. The zero-order valence-electron chi connectivity index (χ0n) is 28.2. The van der Waals surface area contributed by atoms with Crippen LogP contribution in [0.3, 0.4) is 0 Å². The zero-order valence-corrected chi connectivity index (χ0v) is 29.8. The van der Waals surface area contributed by atoms with Crippen LogP contribution in [-0.4, -0.2) is 4.57 Å². The Hall–Kier alpha value is -5.74. The molecule has 52 heavy (non-hydrogen) atoms. The number of fused-ring (bicyclic) bond motifs is 11. The molecule has 0 amide bonds. The third kappa shape index (κ3) is 4.15. The Labute approximate surface area is 311 Å². The molecular weight excluding hydrogens is 667 g/mol. The molecule has 0 N–H and O–H groups in total. The minimum Gasteiger partial charge on any atom is -0.309 e. The normalized spacial score (nSPS) is 15.6. The molecule has 8 aromatic carbocycles. The van der Waals surface area contributed by atoms with E-state index in [9.17, 15) is 0 Å². The highest BCUT2D eigenvalue weighted by atomic mass is 32.2. The first-order valence-corrected chi connectivity index (χ1v) is 19.4. The van der Waals surface area contributed by atoms with Crippen molar-refractivity contribution in [2.75, 3.05) is 0 Å². The van der Waals surface area contributed by atoms with Gasteiger partial charge in [0.05, 0.1) is 16.4 Å². The van der Waals surface area contributed by atoms with Crippen molar-refractivity contribution >= 4 is 45.3 Å². The van der Waals surface area contributed by atoms with Gasteiger partial charge in [-0.2, -0.15) is 0 Å². The van der Waals surface area contributed by atoms with Crippen molar-refractivity contribution in [1.29, 1.82) is 0 Å². The lowest BCUT2D eigenvalue weighted by Gasteiger charge is -2.47. The van der Waals surface area contributed by atoms with Crippen LogP contribution in [0, 0.1) is 0 Å². The molecule has 11 rings (SSSR count). The predicted octanol–water partition coefficient (Wildman–Crippen LogP) is 13.4. The van der Waals surface area contributed by atoms with Gasteiger partial charge in [-0.25, -0.2) is 0 Å². The van der Waals surface area contributed by atoms with E-state index in [0.717, 1.165) is 5.69 Å². The van der Waals surface area contributed by atoms with Gasteiger partial charge in [0, 0.05) is 41.6 Å². The second-order valence-electron chi connectivity index (χ2n) is 13.6. The van der Waals surface area contributed by atoms with E-state index < -0.39 is 5.41 Å². The molecule has 9 aromatic rings. The van der Waals surface area contributed by atoms with Crippen molar-refractivity contribution < 1.29 is 0 Å². The van der Waals surface area contributed by atoms with Crippen LogP contribution < -0.4 is 0 Å². The predicted molar refractivity (Wildman–Crippen MR) is 218 cm³/mol. The van der Waals surface area contributed by atoms with Crippen LogP contribution in [0.1, 0.15) is 22.3 Å². The molecule has 0 aliphatic carbocycles. The highest BCUT2D eigenvalue weighted by Gasteiger charge is 2.51. The molecule has 3 heterocycles. The molecule has 0 bridgehead atoms. The van der Waals surface area contributed by atoms with Gasteiger partial charge < -0.3 is 4.57 Å². The summed E-state index contributed by atoms with van der Waals surface area (Å²) in [4.78, 5) is 5.21. The lowest BCUT2D eigenvalue weighted by molar-refractivity contribution is 0.671. The van der Waals surface area contributed by atoms with Crippen LogP contribution in [0.5, 0.6) is 0 Å². The van der Waals surface area contributed by atoms with E-state index in [1.54, 1.807) is 0 Å². The van der Waals surface area contributed by atoms with E-state index in [1.807, 2.05) is 23.5 Å². The third-order valence-electron chi connectivity index (χ3n) is 10.9. The molecule has 1 unspecified atom stereocenters. The van der Waals surface area contributed by atoms with Crippen LogP contribution in [0.25, 0.3) is 49.7 Å². The fourth-order valence-electron chi connectivity index (χ4n) is 8.95. The van der Waals surface area contributed by atoms with E-state index >= 15 is 0 Å². The molecule has 0 fully saturated rings. The summed E-state index contributed by atoms with van der Waals surface area (Å²) in [6.45, 7) is 0. The monoisotopic (exact) mass is 697 g/mol. The quantitative estimate of drug-likeness (QED) is 0.181. The average Bonchev–Trinajstić information content (AvgIpc) is 3.56. The van der Waals surface area contributed by atoms with Gasteiger partial charge in [0.15, 0.2) is 0 Å². The van der Waals surface area contributed by atoms with Gasteiger partial charge in [0.25, 0.3) is 0 Å². The fourth-order valence-corrected chi connectivity index (χ4v) is 11.4. The lowest BCUT2D eigenvalue weighted by Crippen LogP contribution is -2.38. The van der Waals surface area contributed by atoms with Crippen LogP contribution in [0.15, 0.2) is 208 Å². The fraction of sp³-hybridized carbons (Fsp3) is 0.0204. The smallest absolute Gasteiger partial charge is 0.0757 e. The molecule has 1 atom stereocenters. The highest BCUT2D eigenvalue weighted by Crippen LogP contribution is 2.65. The maximum atomic E-state index is 2.48. The van der Waals surface area contributed by atoms with Crippen molar-refractivity contribution in [3.8, 4) is 27.9 Å². The minimum atomic E-state index is -0.580. The van der Waals surface area contributed by atoms with E-state index in [2.05, 4.69) is 193 Å². The number of rotatable bonds is 3. The van der Waals surface area contributed by atoms with E-state index in [4.69, 9.17) is 0 Å². The van der Waals surface area contributed by atoms with Crippen molar-refractivity contribution in [3.05, 3.63) is 210 Å². The summed E-state index contributed by atoms with van der Waals surface area (Å²) in [7, 11) is 0. The van der Waals surface area contributed by atoms with Crippen LogP contribution in [0.2, 0.25) is 0 Å². The van der Waals surface area contributed by atoms with Crippen molar-refractivity contribution in [2.45, 2.75) is 25.0 Å². The van der Waals surface area contributed by atoms with Crippen molar-refractivity contribution in [2.24, 2.45) is 0 Å². The Morgan fingerprint density at radius 3 is 1.58 bits per heavy atom. The van der Waals surface area contributed by atoms with Gasteiger partial charge in [-0.05, 0) is 81.4 Å². The Morgan fingerprint density at radius 2 is 0.865 bits per heavy atom. The van der Waals surface area contributed by atoms with Gasteiger partial charge in [-0.1, -0.05) is 169 Å². The number of aromatic nitrogens is 1. The molecule has 1 spiro atoms. The lowest BCUT2D eigenvalue weighted by atomic mass is 9.61. The van der Waals surface area contributed by atoms with E-state index in [0.29, 0.717) is 0 Å². The molecule has 2 aliphatic rings. The largest absolute Gasteiger partial charge is 0.309 e. The van der Waals surface area contributed by atoms with Crippen LogP contribution in [-0.2, 0) is 5.41 Å². The third-order valence-corrected chi connectivity index (χ3v) is 13.2. The van der Waals surface area contributed by atoms with Crippen molar-refractivity contribution in [3.63, 3.8) is 0 Å². The molecule has 244 valence electrons. The summed E-state index contributed by atoms with van der Waals surface area (Å²) < 4.78 is 2.48. The van der Waals surface area contributed by atoms with Crippen LogP contribution in [0.4, 0.5) is 0 Å². The summed E-state index contributed by atoms with van der Waals surface area (Å²) in [5.74, 6) is 0. The van der Waals surface area contributed by atoms with Gasteiger partial charge >= 0.3 is 0 Å². The number of hydrogen-bond donors (Lipinski definition) is 0. The Bertz CT molecular complexity index is 2810. The zero-order chi connectivity index (χ0) is 34.2. The topological polar surface area (TPSA) is 4.93 Å². The van der Waals surface area contributed by atoms with Gasteiger partial charge in [0.1, 0.15) is 0 Å². The first kappa shape index (κ1) is 29.9. The molecule has 1 nitrogen and oxygen atoms in total. The van der Waals surface area contributed by atoms with E-state index in [1.165, 1.54) is 85.9 Å². The maximum Gasteiger partial charge on any atom is 0.0757 e. The summed E-state index contributed by atoms with van der Waals surface area (Å²) in [6.07, 6.45) is 0. The first-order chi connectivity index (χ1) is 25.8. The molecule has 3 heteroatoms. The summed E-state index contributed by atoms with van der Waals surface area (Å²) in [5.41, 5.74) is 13.4. The highest BCUT2D eigenvalue weighted by molar-refractivity contribution is 8.00. The van der Waals surface area contributed by atoms with Crippen molar-refractivity contribution in [1.82, 2.24) is 4.57 Å². The standard InChI is InChI=1S/C49H31NS2/c1-3-16-32(17-4-1)34-21-14-30-44-46(34)49(39-25-8-11-28-42(39)51-44)40-26-9-12-29-43(40)52-45-31-15-22-36(47(45)49)38-24-13-23-37-35-20-7-10-27-41(35)50(48(37)38)33-18-5-2-6-19-33/h1-31H. The molecule has 0 saturated carbocycles. The number of benzene rings is 8. The van der Waals surface area contributed by atoms with E-state index in [-0.39, 0.29) is 0 Å². The average molecular weight is 698 g/mol.